The minimum absolute atomic E-state index is 0.325. The number of anilines is 2. The van der Waals surface area contributed by atoms with Crippen LogP contribution in [0.4, 0.5) is 21.0 Å². The lowest BCUT2D eigenvalue weighted by Gasteiger charge is -2.27. The predicted molar refractivity (Wildman–Crippen MR) is 283 cm³/mol. The SMILES string of the molecule is CC(C)(C)OC(=O)Nc1cc(Cl)ncc1I.CCCN(C(=O)OC(C)(C)C)c1cc(Cl)ncc1I.S=S=S=S=S=S=S=S.S=S=S=S=S=S=S=S=S. The number of rotatable bonds is 4. The van der Waals surface area contributed by atoms with Crippen molar-refractivity contribution in [3.63, 3.8) is 0 Å². The molecular formula is C23H30Cl2I2N4O4S17. The van der Waals surface area contributed by atoms with Crippen molar-refractivity contribution in [3.8, 4) is 0 Å². The summed E-state index contributed by atoms with van der Waals surface area (Å²) in [6.45, 7) is 13.5. The number of ether oxygens (including phenoxy) is 2. The van der Waals surface area contributed by atoms with Crippen LogP contribution in [-0.4, -0.2) is 39.9 Å². The maximum absolute atomic E-state index is 12.2. The quantitative estimate of drug-likeness (QED) is 0.239. The fourth-order valence-corrected chi connectivity index (χ4v) is 28.5. The molecule has 1 N–H and O–H groups in total. The molecule has 0 aliphatic carbocycles. The van der Waals surface area contributed by atoms with Crippen LogP contribution < -0.4 is 10.2 Å². The van der Waals surface area contributed by atoms with Gasteiger partial charge in [-0.3, -0.25) is 10.2 Å². The van der Waals surface area contributed by atoms with Crippen LogP contribution in [0, 0.1) is 7.14 Å². The van der Waals surface area contributed by atoms with Crippen LogP contribution in [0.5, 0.6) is 0 Å². The van der Waals surface area contributed by atoms with Crippen LogP contribution in [0.15, 0.2) is 24.5 Å². The predicted octanol–water partition coefficient (Wildman–Crippen LogP) is 8.14. The molecule has 2 amide bonds. The number of aromatic nitrogens is 2. The molecule has 0 saturated carbocycles. The van der Waals surface area contributed by atoms with Gasteiger partial charge in [0.05, 0.1) is 18.5 Å². The summed E-state index contributed by atoms with van der Waals surface area (Å²) in [5.74, 6) is 0. The summed E-state index contributed by atoms with van der Waals surface area (Å²) in [6.07, 6.45) is 3.18. The van der Waals surface area contributed by atoms with Gasteiger partial charge in [-0.15, -0.1) is 0 Å². The Balaban J connectivity index is 0. The molecule has 2 aromatic heterocycles. The standard InChI is InChI=1S/C13H18ClIN2O2.C10H12ClIN2O2.S9.S8/c1-5-6-17(12(18)19-13(2,3)4)10-7-11(14)16-8-9(10)15;1-10(2,3)16-9(15)14-7-4-8(11)13-5-6(7)12;1-3-5-7-9-8-6-4-2;1-3-5-7-8-6-4-2/h7-8H,5-6H2,1-4H3;4-5H,1-3H3,(H,13,14,15);;. The highest BCUT2D eigenvalue weighted by Gasteiger charge is 2.24. The van der Waals surface area contributed by atoms with Crippen molar-refractivity contribution in [2.75, 3.05) is 16.8 Å². The molecule has 0 radical (unpaired) electrons. The summed E-state index contributed by atoms with van der Waals surface area (Å²) >= 11 is 34.3. The highest BCUT2D eigenvalue weighted by molar-refractivity contribution is 14.1. The first kappa shape index (κ1) is 56.7. The number of amides is 2. The molecule has 2 aromatic rings. The number of hydrogen-bond donors (Lipinski definition) is 1. The second-order valence-electron chi connectivity index (χ2n) is 10.1. The molecule has 0 fully saturated rings. The summed E-state index contributed by atoms with van der Waals surface area (Å²) < 4.78 is 12.2. The molecule has 2 rings (SSSR count). The first-order chi connectivity index (χ1) is 24.3. The average molecular weight is 1300 g/mol. The zero-order valence-electron chi connectivity index (χ0n) is 27.7. The molecule has 29 heteroatoms. The van der Waals surface area contributed by atoms with Gasteiger partial charge in [0.15, 0.2) is 0 Å². The van der Waals surface area contributed by atoms with E-state index >= 15 is 0 Å². The number of nitrogens with one attached hydrogen (secondary N) is 1. The van der Waals surface area contributed by atoms with E-state index in [2.05, 4.69) is 105 Å². The maximum atomic E-state index is 12.2. The van der Waals surface area contributed by atoms with Gasteiger partial charge in [0.25, 0.3) is 0 Å². The van der Waals surface area contributed by atoms with Crippen molar-refractivity contribution < 1.29 is 19.1 Å². The van der Waals surface area contributed by atoms with Gasteiger partial charge < -0.3 is 9.47 Å². The molecule has 0 spiro atoms. The minimum Gasteiger partial charge on any atom is -0.444 e. The average Bonchev–Trinajstić information content (AvgIpc) is 3.04. The Morgan fingerprint density at radius 3 is 1.54 bits per heavy atom. The molecule has 0 unspecified atom stereocenters. The number of carbonyl (C=O) groups is 2. The lowest BCUT2D eigenvalue weighted by molar-refractivity contribution is 0.0578. The van der Waals surface area contributed by atoms with E-state index < -0.39 is 17.3 Å². The molecular weight excluding hydrogens is 1270 g/mol. The van der Waals surface area contributed by atoms with E-state index in [0.717, 1.165) is 19.2 Å². The Morgan fingerprint density at radius 2 is 1.13 bits per heavy atom. The van der Waals surface area contributed by atoms with Gasteiger partial charge in [0.1, 0.15) is 21.5 Å². The van der Waals surface area contributed by atoms with E-state index in [1.807, 2.05) is 27.7 Å². The molecule has 8 nitrogen and oxygen atoms in total. The van der Waals surface area contributed by atoms with Crippen molar-refractivity contribution in [2.24, 2.45) is 0 Å². The molecule has 0 atom stereocenters. The van der Waals surface area contributed by atoms with Crippen molar-refractivity contribution >= 4 is 252 Å². The van der Waals surface area contributed by atoms with E-state index in [1.165, 1.54) is 35.5 Å². The summed E-state index contributed by atoms with van der Waals surface area (Å²) in [4.78, 5) is 33.2. The van der Waals surface area contributed by atoms with Gasteiger partial charge in [-0.1, -0.05) is 30.1 Å². The largest absolute Gasteiger partial charge is 0.444 e. The van der Waals surface area contributed by atoms with Gasteiger partial charge in [-0.25, -0.2) is 19.6 Å². The van der Waals surface area contributed by atoms with Crippen molar-refractivity contribution in [2.45, 2.75) is 66.1 Å². The number of hydrogen-bond acceptors (Lipinski definition) is 10. The summed E-state index contributed by atoms with van der Waals surface area (Å²) in [5, 5.41) is 3.30. The molecule has 0 bridgehead atoms. The van der Waals surface area contributed by atoms with Crippen LogP contribution in [-0.2, 0) is 170 Å². The van der Waals surface area contributed by atoms with E-state index in [9.17, 15) is 9.59 Å². The van der Waals surface area contributed by atoms with Crippen LogP contribution in [0.3, 0.4) is 0 Å². The summed E-state index contributed by atoms with van der Waals surface area (Å²) in [6, 6.07) is 3.26. The summed E-state index contributed by atoms with van der Waals surface area (Å²) in [7, 11) is 20.0. The van der Waals surface area contributed by atoms with E-state index in [4.69, 9.17) is 32.7 Å². The Kier molecular flexibility index (Phi) is 37.6. The third-order valence-corrected chi connectivity index (χ3v) is 30.5. The molecule has 296 valence electrons. The van der Waals surface area contributed by atoms with Crippen LogP contribution >= 0.6 is 68.4 Å². The van der Waals surface area contributed by atoms with Gasteiger partial charge in [-0.2, -0.15) is 0 Å². The van der Waals surface area contributed by atoms with Crippen molar-refractivity contribution in [1.29, 1.82) is 0 Å². The Morgan fingerprint density at radius 1 is 0.731 bits per heavy atom. The Hall–Kier alpha value is 2.62. The van der Waals surface area contributed by atoms with E-state index in [0.29, 0.717) is 22.5 Å². The molecule has 0 aliphatic rings. The van der Waals surface area contributed by atoms with Gasteiger partial charge in [-0.05, 0) is 93.1 Å². The first-order valence-corrected chi connectivity index (χ1v) is 36.1. The number of carbonyl (C=O) groups excluding carboxylic acids is 2. The second kappa shape index (κ2) is 34.5. The highest BCUT2D eigenvalue weighted by Crippen LogP contribution is 2.26. The number of pyridine rings is 2. The zero-order valence-corrected chi connectivity index (χ0v) is 47.4. The molecule has 52 heavy (non-hydrogen) atoms. The van der Waals surface area contributed by atoms with E-state index in [1.54, 1.807) is 130 Å². The topological polar surface area (TPSA) is 93.7 Å². The van der Waals surface area contributed by atoms with E-state index in [-0.39, 0.29) is 6.09 Å². The minimum atomic E-state index is -0.522. The van der Waals surface area contributed by atoms with Crippen LogP contribution in [0.2, 0.25) is 10.3 Å². The lowest BCUT2D eigenvalue weighted by Crippen LogP contribution is -2.37. The van der Waals surface area contributed by atoms with Crippen LogP contribution in [0.1, 0.15) is 54.9 Å². The number of halogens is 4. The normalized spacial score (nSPS) is 9.67. The van der Waals surface area contributed by atoms with Gasteiger partial charge >= 0.3 is 12.2 Å². The fourth-order valence-electron chi connectivity index (χ4n) is 2.49. The van der Waals surface area contributed by atoms with Gasteiger partial charge in [0.2, 0.25) is 0 Å². The third kappa shape index (κ3) is 33.6. The Bertz CT molecular complexity index is 2020. The van der Waals surface area contributed by atoms with Crippen molar-refractivity contribution in [3.05, 3.63) is 42.0 Å². The molecule has 0 aliphatic heterocycles. The van der Waals surface area contributed by atoms with Crippen LogP contribution in [0.25, 0.3) is 0 Å². The second-order valence-corrected chi connectivity index (χ2v) is 36.2. The first-order valence-electron chi connectivity index (χ1n) is 13.1. The smallest absolute Gasteiger partial charge is 0.414 e. The highest BCUT2D eigenvalue weighted by atomic mass is 127. The Labute approximate surface area is 399 Å². The fraction of sp³-hybridized carbons (Fsp3) is 0.478. The molecule has 2 heterocycles. The summed E-state index contributed by atoms with van der Waals surface area (Å²) in [5.41, 5.74) is 0.282. The monoisotopic (exact) mass is 1290 g/mol. The third-order valence-electron chi connectivity index (χ3n) is 3.92. The van der Waals surface area contributed by atoms with Gasteiger partial charge in [0, 0.05) is 191 Å². The zero-order chi connectivity index (χ0) is 40.2. The number of nitrogens with zero attached hydrogens (tertiary/aromatic N) is 3. The maximum Gasteiger partial charge on any atom is 0.414 e. The molecule has 0 aromatic carbocycles. The molecule has 0 saturated heterocycles. The van der Waals surface area contributed by atoms with Crippen molar-refractivity contribution in [1.82, 2.24) is 9.97 Å². The lowest BCUT2D eigenvalue weighted by atomic mass is 10.2.